The fourth-order valence-corrected chi connectivity index (χ4v) is 3.43. The van der Waals surface area contributed by atoms with Crippen molar-refractivity contribution in [3.63, 3.8) is 0 Å². The van der Waals surface area contributed by atoms with E-state index in [1.807, 2.05) is 0 Å². The van der Waals surface area contributed by atoms with Crippen molar-refractivity contribution in [3.8, 4) is 0 Å². The van der Waals surface area contributed by atoms with Crippen LogP contribution in [0.2, 0.25) is 0 Å². The van der Waals surface area contributed by atoms with E-state index in [0.717, 1.165) is 11.4 Å². The number of para-hydroxylation sites is 1. The van der Waals surface area contributed by atoms with Crippen LogP contribution in [0.1, 0.15) is 22.6 Å². The van der Waals surface area contributed by atoms with Crippen molar-refractivity contribution in [2.75, 3.05) is 24.3 Å². The molecule has 134 valence electrons. The molecule has 0 amide bonds. The molecule has 2 nitrogen and oxygen atoms in total. The molecular formula is C25H24N2. The summed E-state index contributed by atoms with van der Waals surface area (Å²) in [5, 5.41) is 3.56. The molecule has 0 spiro atoms. The molecule has 27 heavy (non-hydrogen) atoms. The van der Waals surface area contributed by atoms with Gasteiger partial charge in [-0.05, 0) is 47.0 Å². The van der Waals surface area contributed by atoms with Gasteiger partial charge in [-0.25, -0.2) is 0 Å². The van der Waals surface area contributed by atoms with Crippen LogP contribution in [0.25, 0.3) is 6.08 Å². The highest BCUT2D eigenvalue weighted by Crippen LogP contribution is 2.31. The highest BCUT2D eigenvalue weighted by molar-refractivity contribution is 5.74. The van der Waals surface area contributed by atoms with E-state index < -0.39 is 0 Å². The molecule has 0 saturated heterocycles. The van der Waals surface area contributed by atoms with Crippen LogP contribution in [0.15, 0.2) is 96.7 Å². The minimum atomic E-state index is 0.194. The summed E-state index contributed by atoms with van der Waals surface area (Å²) in [6.07, 6.45) is 6.65. The maximum atomic E-state index is 3.56. The van der Waals surface area contributed by atoms with Crippen molar-refractivity contribution < 1.29 is 0 Å². The van der Waals surface area contributed by atoms with Gasteiger partial charge in [-0.3, -0.25) is 0 Å². The molecule has 4 rings (SSSR count). The van der Waals surface area contributed by atoms with Crippen LogP contribution in [-0.2, 0) is 0 Å². The normalized spacial score (nSPS) is 15.1. The fraction of sp³-hybridized carbons (Fsp3) is 0.120. The Morgan fingerprint density at radius 1 is 0.741 bits per heavy atom. The predicted octanol–water partition coefficient (Wildman–Crippen LogP) is 5.91. The molecule has 1 N–H and O–H groups in total. The monoisotopic (exact) mass is 352 g/mol. The quantitative estimate of drug-likeness (QED) is 0.628. The number of hydrogen-bond donors (Lipinski definition) is 1. The summed E-state index contributed by atoms with van der Waals surface area (Å²) >= 11 is 0. The van der Waals surface area contributed by atoms with E-state index in [-0.39, 0.29) is 5.92 Å². The molecule has 1 aliphatic rings. The van der Waals surface area contributed by atoms with Gasteiger partial charge in [0.2, 0.25) is 0 Å². The zero-order valence-electron chi connectivity index (χ0n) is 15.8. The van der Waals surface area contributed by atoms with Crippen LogP contribution in [0.3, 0.4) is 0 Å². The van der Waals surface area contributed by atoms with Crippen molar-refractivity contribution in [1.29, 1.82) is 0 Å². The van der Waals surface area contributed by atoms with E-state index in [1.54, 1.807) is 0 Å². The van der Waals surface area contributed by atoms with Gasteiger partial charge in [0.05, 0.1) is 0 Å². The molecule has 1 unspecified atom stereocenters. The van der Waals surface area contributed by atoms with Crippen molar-refractivity contribution >= 4 is 17.5 Å². The van der Waals surface area contributed by atoms with Crippen LogP contribution in [0.4, 0.5) is 11.4 Å². The summed E-state index contributed by atoms with van der Waals surface area (Å²) in [6, 6.07) is 27.9. The molecule has 3 aromatic carbocycles. The molecule has 1 atom stereocenters. The molecule has 0 aliphatic carbocycles. The third-order valence-corrected chi connectivity index (χ3v) is 4.96. The average molecular weight is 352 g/mol. The summed E-state index contributed by atoms with van der Waals surface area (Å²) in [7, 11) is 4.14. The number of allylic oxidation sites excluding steroid dienone is 2. The third-order valence-electron chi connectivity index (χ3n) is 4.96. The Morgan fingerprint density at radius 2 is 1.41 bits per heavy atom. The van der Waals surface area contributed by atoms with E-state index in [2.05, 4.69) is 121 Å². The molecule has 0 fully saturated rings. The first kappa shape index (κ1) is 17.2. The van der Waals surface area contributed by atoms with Gasteiger partial charge < -0.3 is 10.2 Å². The van der Waals surface area contributed by atoms with E-state index >= 15 is 0 Å². The van der Waals surface area contributed by atoms with E-state index in [0.29, 0.717) is 0 Å². The lowest BCUT2D eigenvalue weighted by Crippen LogP contribution is -2.09. The molecular weight excluding hydrogens is 328 g/mol. The number of nitrogens with one attached hydrogen (secondary N) is 1. The SMILES string of the molecule is CN(C)c1ccc(C(C=C2C=Cc3ccccc3N2)c2ccccc2)cc1. The molecule has 0 aromatic heterocycles. The maximum absolute atomic E-state index is 3.56. The Hall–Kier alpha value is -3.26. The molecule has 0 saturated carbocycles. The van der Waals surface area contributed by atoms with Gasteiger partial charge in [0.25, 0.3) is 0 Å². The molecule has 2 heteroatoms. The van der Waals surface area contributed by atoms with E-state index in [1.165, 1.54) is 22.4 Å². The van der Waals surface area contributed by atoms with E-state index in [9.17, 15) is 0 Å². The summed E-state index contributed by atoms with van der Waals surface area (Å²) < 4.78 is 0. The van der Waals surface area contributed by atoms with Crippen LogP contribution in [0.5, 0.6) is 0 Å². The van der Waals surface area contributed by atoms with Gasteiger partial charge >= 0.3 is 0 Å². The van der Waals surface area contributed by atoms with Gasteiger partial charge in [-0.15, -0.1) is 0 Å². The second-order valence-electron chi connectivity index (χ2n) is 7.04. The van der Waals surface area contributed by atoms with Crippen LogP contribution in [-0.4, -0.2) is 14.1 Å². The van der Waals surface area contributed by atoms with Crippen molar-refractivity contribution in [2.45, 2.75) is 5.92 Å². The minimum Gasteiger partial charge on any atom is -0.378 e. The highest BCUT2D eigenvalue weighted by Gasteiger charge is 2.14. The van der Waals surface area contributed by atoms with Gasteiger partial charge in [0, 0.05) is 37.1 Å². The first-order chi connectivity index (χ1) is 13.2. The van der Waals surface area contributed by atoms with Gasteiger partial charge in [0.1, 0.15) is 0 Å². The molecule has 3 aromatic rings. The first-order valence-electron chi connectivity index (χ1n) is 9.29. The number of rotatable bonds is 4. The molecule has 1 aliphatic heterocycles. The largest absolute Gasteiger partial charge is 0.378 e. The minimum absolute atomic E-state index is 0.194. The second-order valence-corrected chi connectivity index (χ2v) is 7.04. The Kier molecular flexibility index (Phi) is 4.80. The number of hydrogen-bond acceptors (Lipinski definition) is 2. The smallest absolute Gasteiger partial charge is 0.0457 e. The Balaban J connectivity index is 1.71. The van der Waals surface area contributed by atoms with E-state index in [4.69, 9.17) is 0 Å². The summed E-state index contributed by atoms with van der Waals surface area (Å²) in [6.45, 7) is 0. The molecule has 0 bridgehead atoms. The zero-order valence-corrected chi connectivity index (χ0v) is 15.8. The highest BCUT2D eigenvalue weighted by atomic mass is 15.1. The Labute approximate surface area is 161 Å². The summed E-state index contributed by atoms with van der Waals surface area (Å²) in [5.41, 5.74) is 7.29. The lowest BCUT2D eigenvalue weighted by atomic mass is 9.89. The van der Waals surface area contributed by atoms with Gasteiger partial charge in [-0.1, -0.05) is 66.7 Å². The topological polar surface area (TPSA) is 15.3 Å². The predicted molar refractivity (Wildman–Crippen MR) is 116 cm³/mol. The Morgan fingerprint density at radius 3 is 2.15 bits per heavy atom. The number of fused-ring (bicyclic) bond motifs is 1. The average Bonchev–Trinajstić information content (AvgIpc) is 2.72. The maximum Gasteiger partial charge on any atom is 0.0457 e. The van der Waals surface area contributed by atoms with Gasteiger partial charge in [0.15, 0.2) is 0 Å². The third kappa shape index (κ3) is 3.80. The summed E-state index contributed by atoms with van der Waals surface area (Å²) in [5.74, 6) is 0.194. The number of benzene rings is 3. The van der Waals surface area contributed by atoms with Crippen LogP contribution in [0, 0.1) is 0 Å². The second kappa shape index (κ2) is 7.55. The lowest BCUT2D eigenvalue weighted by Gasteiger charge is -2.20. The van der Waals surface area contributed by atoms with Crippen LogP contribution >= 0.6 is 0 Å². The number of anilines is 2. The zero-order chi connectivity index (χ0) is 18.6. The fourth-order valence-electron chi connectivity index (χ4n) is 3.43. The van der Waals surface area contributed by atoms with Crippen molar-refractivity contribution in [3.05, 3.63) is 113 Å². The first-order valence-corrected chi connectivity index (χ1v) is 9.29. The van der Waals surface area contributed by atoms with Crippen LogP contribution < -0.4 is 10.2 Å². The van der Waals surface area contributed by atoms with Crippen molar-refractivity contribution in [2.24, 2.45) is 0 Å². The number of nitrogens with zero attached hydrogens (tertiary/aromatic N) is 1. The molecule has 1 heterocycles. The van der Waals surface area contributed by atoms with Crippen molar-refractivity contribution in [1.82, 2.24) is 0 Å². The molecule has 0 radical (unpaired) electrons. The Bertz CT molecular complexity index is 967. The standard InChI is InChI=1S/C25H24N2/c1-27(2)23-16-13-20(14-17-23)24(19-8-4-3-5-9-19)18-22-15-12-21-10-6-7-11-25(21)26-22/h3-18,24,26H,1-2H3. The lowest BCUT2D eigenvalue weighted by molar-refractivity contribution is 1.01. The van der Waals surface area contributed by atoms with Gasteiger partial charge in [-0.2, -0.15) is 0 Å². The summed E-state index contributed by atoms with van der Waals surface area (Å²) in [4.78, 5) is 2.13.